The Bertz CT molecular complexity index is 593. The van der Waals surface area contributed by atoms with E-state index >= 15 is 0 Å². The van der Waals surface area contributed by atoms with Crippen LogP contribution >= 0.6 is 0 Å². The maximum absolute atomic E-state index is 12.1. The van der Waals surface area contributed by atoms with E-state index in [1.54, 1.807) is 24.3 Å². The second-order valence-corrected chi connectivity index (χ2v) is 5.53. The van der Waals surface area contributed by atoms with E-state index in [1.165, 1.54) is 0 Å². The van der Waals surface area contributed by atoms with Gasteiger partial charge in [0.15, 0.2) is 0 Å². The summed E-state index contributed by atoms with van der Waals surface area (Å²) in [6, 6.07) is 16.3. The molecule has 0 unspecified atom stereocenters. The van der Waals surface area contributed by atoms with Gasteiger partial charge in [0, 0.05) is 13.1 Å². The third-order valence-corrected chi connectivity index (χ3v) is 3.46. The average Bonchev–Trinajstić information content (AvgIpc) is 2.60. The molecule has 2 aromatic carbocycles. The summed E-state index contributed by atoms with van der Waals surface area (Å²) in [6.45, 7) is 0.319. The van der Waals surface area contributed by atoms with E-state index in [2.05, 4.69) is 9.64 Å². The number of likely N-dealkylation sites (N-methyl/N-ethyl adjacent to an activating group) is 1. The lowest BCUT2D eigenvalue weighted by molar-refractivity contribution is -0.0498. The number of para-hydroxylation sites is 1. The smallest absolute Gasteiger partial charge is 0.387 e. The third kappa shape index (κ3) is 7.96. The van der Waals surface area contributed by atoms with E-state index in [1.807, 2.05) is 37.4 Å². The van der Waals surface area contributed by atoms with E-state index in [9.17, 15) is 8.78 Å². The minimum atomic E-state index is -2.79. The molecular weight excluding hydrogens is 328 g/mol. The standard InChI is InChI=1S/C19H23F2NO3/c1-22(15-16-7-9-18(10-8-16)25-19(20)21)11-12-23-13-14-24-17-5-3-2-4-6-17/h2-10,19H,11-15H2,1H3. The Balaban J connectivity index is 1.56. The molecule has 2 aromatic rings. The van der Waals surface area contributed by atoms with Gasteiger partial charge in [0.25, 0.3) is 0 Å². The van der Waals surface area contributed by atoms with Crippen molar-refractivity contribution < 1.29 is 23.0 Å². The molecular formula is C19H23F2NO3. The van der Waals surface area contributed by atoms with Crippen molar-refractivity contribution in [1.29, 1.82) is 0 Å². The van der Waals surface area contributed by atoms with Crippen molar-refractivity contribution in [3.63, 3.8) is 0 Å². The fourth-order valence-electron chi connectivity index (χ4n) is 2.22. The summed E-state index contributed by atoms with van der Waals surface area (Å²) in [5, 5.41) is 0. The maximum atomic E-state index is 12.1. The van der Waals surface area contributed by atoms with Crippen molar-refractivity contribution in [2.45, 2.75) is 13.2 Å². The monoisotopic (exact) mass is 351 g/mol. The normalized spacial score (nSPS) is 11.1. The Morgan fingerprint density at radius 1 is 0.880 bits per heavy atom. The summed E-state index contributed by atoms with van der Waals surface area (Å²) in [6.07, 6.45) is 0. The molecule has 0 N–H and O–H groups in total. The number of hydrogen-bond donors (Lipinski definition) is 0. The van der Waals surface area contributed by atoms with E-state index in [-0.39, 0.29) is 5.75 Å². The second kappa shape index (κ2) is 10.6. The molecule has 4 nitrogen and oxygen atoms in total. The van der Waals surface area contributed by atoms with Crippen molar-refractivity contribution >= 4 is 0 Å². The summed E-state index contributed by atoms with van der Waals surface area (Å²) in [7, 11) is 1.98. The molecule has 0 aromatic heterocycles. The van der Waals surface area contributed by atoms with Gasteiger partial charge < -0.3 is 14.2 Å². The number of alkyl halides is 2. The van der Waals surface area contributed by atoms with Crippen molar-refractivity contribution in [1.82, 2.24) is 4.90 Å². The van der Waals surface area contributed by atoms with E-state index < -0.39 is 6.61 Å². The zero-order valence-electron chi connectivity index (χ0n) is 14.2. The highest BCUT2D eigenvalue weighted by Crippen LogP contribution is 2.15. The van der Waals surface area contributed by atoms with Crippen molar-refractivity contribution in [2.75, 3.05) is 33.4 Å². The number of rotatable bonds is 11. The van der Waals surface area contributed by atoms with Crippen molar-refractivity contribution in [3.8, 4) is 11.5 Å². The lowest BCUT2D eigenvalue weighted by Crippen LogP contribution is -2.23. The van der Waals surface area contributed by atoms with Gasteiger partial charge in [0.1, 0.15) is 18.1 Å². The Kier molecular flexibility index (Phi) is 8.15. The number of hydrogen-bond acceptors (Lipinski definition) is 4. The zero-order valence-corrected chi connectivity index (χ0v) is 14.2. The van der Waals surface area contributed by atoms with Crippen LogP contribution in [0.1, 0.15) is 5.56 Å². The topological polar surface area (TPSA) is 30.9 Å². The molecule has 0 bridgehead atoms. The minimum Gasteiger partial charge on any atom is -0.491 e. The van der Waals surface area contributed by atoms with E-state index in [0.717, 1.165) is 17.9 Å². The number of benzene rings is 2. The molecule has 0 fully saturated rings. The van der Waals surface area contributed by atoms with Gasteiger partial charge in [-0.3, -0.25) is 4.90 Å². The first kappa shape index (κ1) is 19.1. The lowest BCUT2D eigenvalue weighted by atomic mass is 10.2. The molecule has 0 spiro atoms. The van der Waals surface area contributed by atoms with Crippen LogP contribution in [0.15, 0.2) is 54.6 Å². The van der Waals surface area contributed by atoms with Crippen LogP contribution in [0.4, 0.5) is 8.78 Å². The van der Waals surface area contributed by atoms with Gasteiger partial charge in [-0.05, 0) is 36.9 Å². The zero-order chi connectivity index (χ0) is 17.9. The van der Waals surface area contributed by atoms with Gasteiger partial charge in [0.05, 0.1) is 13.2 Å². The second-order valence-electron chi connectivity index (χ2n) is 5.53. The van der Waals surface area contributed by atoms with Gasteiger partial charge in [-0.1, -0.05) is 30.3 Å². The summed E-state index contributed by atoms with van der Waals surface area (Å²) in [5.74, 6) is 1.01. The van der Waals surface area contributed by atoms with Gasteiger partial charge in [-0.2, -0.15) is 8.78 Å². The summed E-state index contributed by atoms with van der Waals surface area (Å²) < 4.78 is 39.6. The highest BCUT2D eigenvalue weighted by molar-refractivity contribution is 5.27. The summed E-state index contributed by atoms with van der Waals surface area (Å²) in [5.41, 5.74) is 1.02. The third-order valence-electron chi connectivity index (χ3n) is 3.46. The van der Waals surface area contributed by atoms with E-state index in [4.69, 9.17) is 9.47 Å². The minimum absolute atomic E-state index is 0.170. The number of ether oxygens (including phenoxy) is 3. The Morgan fingerprint density at radius 3 is 2.28 bits per heavy atom. The summed E-state index contributed by atoms with van der Waals surface area (Å²) in [4.78, 5) is 2.10. The highest BCUT2D eigenvalue weighted by atomic mass is 19.3. The molecule has 0 aliphatic carbocycles. The van der Waals surface area contributed by atoms with Crippen LogP contribution in [0.2, 0.25) is 0 Å². The molecule has 0 radical (unpaired) electrons. The molecule has 0 amide bonds. The van der Waals surface area contributed by atoms with Crippen LogP contribution in [0.25, 0.3) is 0 Å². The molecule has 0 aliphatic heterocycles. The lowest BCUT2D eigenvalue weighted by Gasteiger charge is -2.17. The SMILES string of the molecule is CN(CCOCCOc1ccccc1)Cc1ccc(OC(F)F)cc1. The van der Waals surface area contributed by atoms with Gasteiger partial charge in [-0.25, -0.2) is 0 Å². The average molecular weight is 351 g/mol. The maximum Gasteiger partial charge on any atom is 0.387 e. The first-order valence-electron chi connectivity index (χ1n) is 8.11. The molecule has 0 saturated carbocycles. The molecule has 0 heterocycles. The molecule has 0 atom stereocenters. The van der Waals surface area contributed by atoms with Crippen molar-refractivity contribution in [3.05, 3.63) is 60.2 Å². The van der Waals surface area contributed by atoms with Gasteiger partial charge >= 0.3 is 6.61 Å². The Morgan fingerprint density at radius 2 is 1.60 bits per heavy atom. The van der Waals surface area contributed by atoms with Crippen LogP contribution in [-0.2, 0) is 11.3 Å². The number of nitrogens with zero attached hydrogens (tertiary/aromatic N) is 1. The molecule has 136 valence electrons. The first-order valence-corrected chi connectivity index (χ1v) is 8.11. The predicted octanol–water partition coefficient (Wildman–Crippen LogP) is 3.82. The van der Waals surface area contributed by atoms with Crippen LogP contribution in [0.3, 0.4) is 0 Å². The molecule has 6 heteroatoms. The fraction of sp³-hybridized carbons (Fsp3) is 0.368. The Hall–Kier alpha value is -2.18. The molecule has 0 aliphatic rings. The summed E-state index contributed by atoms with van der Waals surface area (Å²) >= 11 is 0. The predicted molar refractivity (Wildman–Crippen MR) is 92.2 cm³/mol. The largest absolute Gasteiger partial charge is 0.491 e. The van der Waals surface area contributed by atoms with Crippen LogP contribution < -0.4 is 9.47 Å². The quantitative estimate of drug-likeness (QED) is 0.576. The van der Waals surface area contributed by atoms with E-state index in [0.29, 0.717) is 26.4 Å². The van der Waals surface area contributed by atoms with Gasteiger partial charge in [-0.15, -0.1) is 0 Å². The molecule has 2 rings (SSSR count). The van der Waals surface area contributed by atoms with Gasteiger partial charge in [0.2, 0.25) is 0 Å². The van der Waals surface area contributed by atoms with Crippen molar-refractivity contribution in [2.24, 2.45) is 0 Å². The van der Waals surface area contributed by atoms with Crippen LogP contribution in [-0.4, -0.2) is 44.9 Å². The fourth-order valence-corrected chi connectivity index (χ4v) is 2.22. The first-order chi connectivity index (χ1) is 12.1. The highest BCUT2D eigenvalue weighted by Gasteiger charge is 2.05. The molecule has 25 heavy (non-hydrogen) atoms. The molecule has 0 saturated heterocycles. The van der Waals surface area contributed by atoms with Crippen LogP contribution in [0.5, 0.6) is 11.5 Å². The Labute approximate surface area is 146 Å². The number of halogens is 2. The van der Waals surface area contributed by atoms with Crippen LogP contribution in [0, 0.1) is 0 Å².